The van der Waals surface area contributed by atoms with E-state index in [0.717, 1.165) is 37.1 Å². The highest BCUT2D eigenvalue weighted by atomic mass is 19.1. The van der Waals surface area contributed by atoms with E-state index >= 15 is 0 Å². The topological polar surface area (TPSA) is 35.6 Å². The van der Waals surface area contributed by atoms with Gasteiger partial charge in [-0.15, -0.1) is 0 Å². The number of nitrogens with one attached hydrogen (secondary N) is 1. The Bertz CT molecular complexity index is 786. The monoisotopic (exact) mass is 353 g/mol. The summed E-state index contributed by atoms with van der Waals surface area (Å²) in [4.78, 5) is 17.1. The summed E-state index contributed by atoms with van der Waals surface area (Å²) in [5.74, 6) is -0.259. The van der Waals surface area contributed by atoms with E-state index in [1.807, 2.05) is 29.0 Å². The fraction of sp³-hybridized carbons (Fsp3) is 0.381. The van der Waals surface area contributed by atoms with Gasteiger partial charge in [0.2, 0.25) is 0 Å². The van der Waals surface area contributed by atoms with Crippen molar-refractivity contribution < 1.29 is 9.18 Å². The minimum Gasteiger partial charge on any atom is -0.323 e. The molecule has 2 aliphatic rings. The molecule has 4 rings (SSSR count). The van der Waals surface area contributed by atoms with E-state index in [2.05, 4.69) is 17.4 Å². The van der Waals surface area contributed by atoms with Crippen LogP contribution in [-0.4, -0.2) is 48.6 Å². The fourth-order valence-corrected chi connectivity index (χ4v) is 4.11. The molecule has 26 heavy (non-hydrogen) atoms. The van der Waals surface area contributed by atoms with Crippen LogP contribution in [0.3, 0.4) is 0 Å². The van der Waals surface area contributed by atoms with E-state index in [1.165, 1.54) is 17.7 Å². The van der Waals surface area contributed by atoms with Gasteiger partial charge in [-0.05, 0) is 48.2 Å². The Morgan fingerprint density at radius 3 is 2.69 bits per heavy atom. The highest BCUT2D eigenvalue weighted by molar-refractivity contribution is 5.76. The third-order valence-corrected chi connectivity index (χ3v) is 5.60. The number of likely N-dealkylation sites (N-methyl/N-ethyl adjacent to an activating group) is 1. The zero-order valence-corrected chi connectivity index (χ0v) is 15.0. The number of amides is 2. The summed E-state index contributed by atoms with van der Waals surface area (Å²) in [6.07, 6.45) is 1.82. The van der Waals surface area contributed by atoms with Crippen molar-refractivity contribution in [3.63, 3.8) is 0 Å². The number of hydrogen-bond acceptors (Lipinski definition) is 2. The smallest absolute Gasteiger partial charge is 0.320 e. The van der Waals surface area contributed by atoms with Gasteiger partial charge in [0.25, 0.3) is 0 Å². The average molecular weight is 353 g/mol. The molecule has 1 saturated heterocycles. The van der Waals surface area contributed by atoms with Gasteiger partial charge in [0.05, 0.1) is 6.04 Å². The summed E-state index contributed by atoms with van der Waals surface area (Å²) in [5.41, 5.74) is 3.34. The Hall–Kier alpha value is -2.40. The van der Waals surface area contributed by atoms with E-state index in [9.17, 15) is 9.18 Å². The first-order chi connectivity index (χ1) is 12.6. The summed E-state index contributed by atoms with van der Waals surface area (Å²) >= 11 is 0. The van der Waals surface area contributed by atoms with Gasteiger partial charge < -0.3 is 15.1 Å². The molecule has 136 valence electrons. The average Bonchev–Trinajstić information content (AvgIpc) is 3.21. The second kappa shape index (κ2) is 7.08. The van der Waals surface area contributed by atoms with Crippen LogP contribution in [0.1, 0.15) is 29.2 Å². The lowest BCUT2D eigenvalue weighted by atomic mass is 9.88. The SMILES string of the molecule is CN(C(=O)N1CCc2ccccc2[C@@H]1c1ccc(F)cc1)[C@H]1CCNC1. The van der Waals surface area contributed by atoms with Crippen LogP contribution in [0.2, 0.25) is 0 Å². The van der Waals surface area contributed by atoms with E-state index < -0.39 is 0 Å². The molecule has 0 unspecified atom stereocenters. The maximum atomic E-state index is 13.4. The maximum Gasteiger partial charge on any atom is 0.320 e. The lowest BCUT2D eigenvalue weighted by molar-refractivity contribution is 0.134. The number of halogens is 1. The molecule has 0 bridgehead atoms. The third kappa shape index (κ3) is 3.07. The van der Waals surface area contributed by atoms with Crippen LogP contribution in [-0.2, 0) is 6.42 Å². The van der Waals surface area contributed by atoms with Crippen LogP contribution >= 0.6 is 0 Å². The van der Waals surface area contributed by atoms with Crippen molar-refractivity contribution in [2.24, 2.45) is 0 Å². The van der Waals surface area contributed by atoms with Crippen LogP contribution in [0.15, 0.2) is 48.5 Å². The number of fused-ring (bicyclic) bond motifs is 1. The minimum atomic E-state index is -0.259. The molecule has 2 aromatic carbocycles. The lowest BCUT2D eigenvalue weighted by Gasteiger charge is -2.41. The van der Waals surface area contributed by atoms with Crippen LogP contribution in [0.4, 0.5) is 9.18 Å². The van der Waals surface area contributed by atoms with Gasteiger partial charge in [0, 0.05) is 26.2 Å². The molecule has 0 saturated carbocycles. The Morgan fingerprint density at radius 1 is 1.19 bits per heavy atom. The molecule has 0 aliphatic carbocycles. The summed E-state index contributed by atoms with van der Waals surface area (Å²) in [7, 11) is 1.89. The van der Waals surface area contributed by atoms with Gasteiger partial charge in [-0.3, -0.25) is 0 Å². The van der Waals surface area contributed by atoms with E-state index in [0.29, 0.717) is 6.54 Å². The first-order valence-corrected chi connectivity index (χ1v) is 9.22. The largest absolute Gasteiger partial charge is 0.323 e. The van der Waals surface area contributed by atoms with Gasteiger partial charge in [-0.25, -0.2) is 9.18 Å². The molecule has 0 aromatic heterocycles. The Labute approximate surface area is 153 Å². The quantitative estimate of drug-likeness (QED) is 0.900. The van der Waals surface area contributed by atoms with Crippen molar-refractivity contribution in [3.05, 3.63) is 71.0 Å². The van der Waals surface area contributed by atoms with E-state index in [1.54, 1.807) is 12.1 Å². The molecule has 2 atom stereocenters. The summed E-state index contributed by atoms with van der Waals surface area (Å²) in [5, 5.41) is 3.32. The molecule has 2 aliphatic heterocycles. The van der Waals surface area contributed by atoms with Crippen LogP contribution in [0.5, 0.6) is 0 Å². The zero-order chi connectivity index (χ0) is 18.1. The van der Waals surface area contributed by atoms with Gasteiger partial charge >= 0.3 is 6.03 Å². The number of carbonyl (C=O) groups excluding carboxylic acids is 1. The zero-order valence-electron chi connectivity index (χ0n) is 15.0. The number of rotatable bonds is 2. The number of benzene rings is 2. The first-order valence-electron chi connectivity index (χ1n) is 9.22. The first kappa shape index (κ1) is 17.0. The van der Waals surface area contributed by atoms with Crippen molar-refractivity contribution >= 4 is 6.03 Å². The molecular formula is C21H24FN3O. The standard InChI is InChI=1S/C21H24FN3O/c1-24(18-10-12-23-14-18)21(26)25-13-11-15-4-2-3-5-19(15)20(25)16-6-8-17(22)9-7-16/h2-9,18,20,23H,10-14H2,1H3/t18-,20-/m0/s1. The number of hydrogen-bond donors (Lipinski definition) is 1. The molecule has 2 aromatic rings. The maximum absolute atomic E-state index is 13.4. The Balaban J connectivity index is 1.70. The van der Waals surface area contributed by atoms with E-state index in [-0.39, 0.29) is 23.9 Å². The fourth-order valence-electron chi connectivity index (χ4n) is 4.11. The number of urea groups is 1. The summed E-state index contributed by atoms with van der Waals surface area (Å²) in [6.45, 7) is 2.46. The van der Waals surface area contributed by atoms with Crippen molar-refractivity contribution in [2.45, 2.75) is 24.9 Å². The van der Waals surface area contributed by atoms with Crippen LogP contribution in [0, 0.1) is 5.82 Å². The second-order valence-electron chi connectivity index (χ2n) is 7.14. The normalized spacial score (nSPS) is 22.2. The lowest BCUT2D eigenvalue weighted by Crippen LogP contribution is -2.50. The van der Waals surface area contributed by atoms with Gasteiger partial charge in [0.15, 0.2) is 0 Å². The van der Waals surface area contributed by atoms with Crippen molar-refractivity contribution in [1.29, 1.82) is 0 Å². The van der Waals surface area contributed by atoms with Crippen LogP contribution < -0.4 is 5.32 Å². The Morgan fingerprint density at radius 2 is 1.96 bits per heavy atom. The third-order valence-electron chi connectivity index (χ3n) is 5.60. The molecular weight excluding hydrogens is 329 g/mol. The van der Waals surface area contributed by atoms with Gasteiger partial charge in [-0.1, -0.05) is 36.4 Å². The molecule has 0 radical (unpaired) electrons. The molecule has 1 N–H and O–H groups in total. The highest BCUT2D eigenvalue weighted by Gasteiger charge is 2.35. The summed E-state index contributed by atoms with van der Waals surface area (Å²) in [6, 6.07) is 14.9. The van der Waals surface area contributed by atoms with Crippen molar-refractivity contribution in [2.75, 3.05) is 26.7 Å². The molecule has 5 heteroatoms. The molecule has 4 nitrogen and oxygen atoms in total. The number of carbonyl (C=O) groups is 1. The predicted molar refractivity (Wildman–Crippen MR) is 99.5 cm³/mol. The summed E-state index contributed by atoms with van der Waals surface area (Å²) < 4.78 is 13.4. The van der Waals surface area contributed by atoms with Crippen molar-refractivity contribution in [1.82, 2.24) is 15.1 Å². The minimum absolute atomic E-state index is 0.0440. The molecule has 0 spiro atoms. The molecule has 2 heterocycles. The number of nitrogens with zero attached hydrogens (tertiary/aromatic N) is 2. The second-order valence-corrected chi connectivity index (χ2v) is 7.14. The molecule has 1 fully saturated rings. The highest BCUT2D eigenvalue weighted by Crippen LogP contribution is 2.36. The predicted octanol–water partition coefficient (Wildman–Crippen LogP) is 3.19. The van der Waals surface area contributed by atoms with Crippen LogP contribution in [0.25, 0.3) is 0 Å². The van der Waals surface area contributed by atoms with Crippen molar-refractivity contribution in [3.8, 4) is 0 Å². The van der Waals surface area contributed by atoms with Gasteiger partial charge in [0.1, 0.15) is 5.82 Å². The molecule has 2 amide bonds. The van der Waals surface area contributed by atoms with E-state index in [4.69, 9.17) is 0 Å². The van der Waals surface area contributed by atoms with Gasteiger partial charge in [-0.2, -0.15) is 0 Å². The Kier molecular flexibility index (Phi) is 4.64.